The van der Waals surface area contributed by atoms with Crippen LogP contribution >= 0.6 is 0 Å². The van der Waals surface area contributed by atoms with Crippen LogP contribution in [-0.4, -0.2) is 85.5 Å². The zero-order valence-electron chi connectivity index (χ0n) is 26.6. The van der Waals surface area contributed by atoms with Gasteiger partial charge < -0.3 is 25.8 Å². The maximum Gasteiger partial charge on any atom is 0.407 e. The van der Waals surface area contributed by atoms with Crippen LogP contribution in [0.25, 0.3) is 17.2 Å². The smallest absolute Gasteiger partial charge is 0.407 e. The first-order valence-corrected chi connectivity index (χ1v) is 16.9. The zero-order valence-corrected chi connectivity index (χ0v) is 27.4. The Labute approximate surface area is 266 Å². The molecule has 2 aromatic rings. The Morgan fingerprint density at radius 2 is 1.84 bits per heavy atom. The number of rotatable bonds is 12. The van der Waals surface area contributed by atoms with Crippen LogP contribution in [0.15, 0.2) is 57.9 Å². The number of carbonyl (C=O) groups is 2. The largest absolute Gasteiger partial charge is 0.444 e. The monoisotopic (exact) mass is 639 g/mol. The van der Waals surface area contributed by atoms with Crippen LogP contribution in [0.3, 0.4) is 0 Å². The number of hydrogen-bond donors (Lipinski definition) is 3. The fraction of sp³-hybridized carbons (Fsp3) is 0.485. The lowest BCUT2D eigenvalue weighted by Crippen LogP contribution is -2.53. The number of alkyl carbamates (subject to hydrolysis) is 1. The Hall–Kier alpha value is -3.74. The summed E-state index contributed by atoms with van der Waals surface area (Å²) in [7, 11) is -3.73. The number of nitrogens with one attached hydrogen (secondary N) is 1. The van der Waals surface area contributed by atoms with E-state index in [-0.39, 0.29) is 29.7 Å². The Morgan fingerprint density at radius 3 is 2.53 bits per heavy atom. The van der Waals surface area contributed by atoms with Gasteiger partial charge in [0.1, 0.15) is 11.4 Å². The molecular formula is C33H45N5O6S. The summed E-state index contributed by atoms with van der Waals surface area (Å²) in [6, 6.07) is 12.4. The molecule has 2 aliphatic heterocycles. The van der Waals surface area contributed by atoms with E-state index < -0.39 is 21.7 Å². The van der Waals surface area contributed by atoms with E-state index in [1.165, 1.54) is 4.31 Å². The normalized spacial score (nSPS) is 15.7. The third-order valence-electron chi connectivity index (χ3n) is 7.55. The standard InChI is InChI=1S/C33H45N5O6S/c1-5-13-37(14-6-7-15-39)31(40)27-16-26-12-11-25(18-29(26)36-30(34)19-27)24-9-8-10-28(17-24)45(42,43)38-21-23(22-38)20-35-32(41)44-33(2,3)4/h8-12,16-18,23,39H,5-7,13-15,19-22H2,1-4H3,(H2,34,36)(H,35,41). The highest BCUT2D eigenvalue weighted by molar-refractivity contribution is 7.89. The van der Waals surface area contributed by atoms with E-state index in [0.29, 0.717) is 61.8 Å². The Kier molecular flexibility index (Phi) is 11.1. The van der Waals surface area contributed by atoms with Crippen LogP contribution in [0.1, 0.15) is 58.9 Å². The van der Waals surface area contributed by atoms with E-state index >= 15 is 0 Å². The molecule has 0 saturated carbocycles. The van der Waals surface area contributed by atoms with Crippen molar-refractivity contribution in [2.45, 2.75) is 63.9 Å². The summed E-state index contributed by atoms with van der Waals surface area (Å²) in [6.45, 7) is 9.59. The number of aliphatic imine (C=N–C) groups is 1. The molecule has 0 radical (unpaired) electrons. The van der Waals surface area contributed by atoms with Gasteiger partial charge in [0.05, 0.1) is 10.6 Å². The van der Waals surface area contributed by atoms with Gasteiger partial charge in [-0.1, -0.05) is 31.2 Å². The maximum absolute atomic E-state index is 13.4. The number of ether oxygens (including phenoxy) is 1. The summed E-state index contributed by atoms with van der Waals surface area (Å²) in [5, 5.41) is 11.9. The number of aliphatic hydroxyl groups is 1. The van der Waals surface area contributed by atoms with Gasteiger partial charge in [0.15, 0.2) is 0 Å². The predicted octanol–water partition coefficient (Wildman–Crippen LogP) is 4.29. The molecule has 0 spiro atoms. The van der Waals surface area contributed by atoms with Crippen molar-refractivity contribution >= 4 is 39.6 Å². The molecule has 0 aliphatic carbocycles. The number of hydrogen-bond acceptors (Lipinski definition) is 8. The van der Waals surface area contributed by atoms with Crippen molar-refractivity contribution in [1.82, 2.24) is 14.5 Å². The number of benzene rings is 2. The molecule has 2 heterocycles. The third kappa shape index (κ3) is 8.93. The van der Waals surface area contributed by atoms with E-state index in [4.69, 9.17) is 15.6 Å². The highest BCUT2D eigenvalue weighted by Gasteiger charge is 2.37. The average molecular weight is 640 g/mol. The van der Waals surface area contributed by atoms with Gasteiger partial charge in [0, 0.05) is 62.8 Å². The van der Waals surface area contributed by atoms with Gasteiger partial charge in [-0.2, -0.15) is 4.31 Å². The van der Waals surface area contributed by atoms with Crippen molar-refractivity contribution in [3.05, 3.63) is 53.6 Å². The van der Waals surface area contributed by atoms with Crippen molar-refractivity contribution in [1.29, 1.82) is 0 Å². The van der Waals surface area contributed by atoms with Gasteiger partial charge in [0.2, 0.25) is 15.9 Å². The minimum atomic E-state index is -3.73. The quantitative estimate of drug-likeness (QED) is 0.293. The van der Waals surface area contributed by atoms with Crippen LogP contribution in [-0.2, 0) is 19.6 Å². The van der Waals surface area contributed by atoms with Gasteiger partial charge >= 0.3 is 6.09 Å². The summed E-state index contributed by atoms with van der Waals surface area (Å²) >= 11 is 0. The summed E-state index contributed by atoms with van der Waals surface area (Å²) in [4.78, 5) is 31.9. The van der Waals surface area contributed by atoms with Crippen molar-refractivity contribution in [3.8, 4) is 11.1 Å². The molecule has 244 valence electrons. The van der Waals surface area contributed by atoms with Crippen LogP contribution in [0.5, 0.6) is 0 Å². The molecule has 1 saturated heterocycles. The van der Waals surface area contributed by atoms with Gasteiger partial charge in [-0.3, -0.25) is 4.79 Å². The second-order valence-electron chi connectivity index (χ2n) is 12.5. The summed E-state index contributed by atoms with van der Waals surface area (Å²) in [6.07, 6.45) is 3.71. The number of aliphatic hydroxyl groups excluding tert-OH is 1. The van der Waals surface area contributed by atoms with Crippen LogP contribution in [0.4, 0.5) is 10.5 Å². The number of fused-ring (bicyclic) bond motifs is 1. The Morgan fingerprint density at radius 1 is 1.11 bits per heavy atom. The van der Waals surface area contributed by atoms with E-state index in [0.717, 1.165) is 24.0 Å². The average Bonchev–Trinajstić information content (AvgIpc) is 3.12. The molecule has 4 rings (SSSR count). The summed E-state index contributed by atoms with van der Waals surface area (Å²) in [5.74, 6) is 0.238. The number of amidine groups is 1. The molecule has 0 aromatic heterocycles. The third-order valence-corrected chi connectivity index (χ3v) is 9.38. The zero-order chi connectivity index (χ0) is 32.8. The van der Waals surface area contributed by atoms with Gasteiger partial charge in [0.25, 0.3) is 0 Å². The van der Waals surface area contributed by atoms with Gasteiger partial charge in [-0.15, -0.1) is 0 Å². The van der Waals surface area contributed by atoms with E-state index in [1.807, 2.05) is 37.3 Å². The van der Waals surface area contributed by atoms with Crippen molar-refractivity contribution in [2.24, 2.45) is 16.6 Å². The molecule has 2 amide bonds. The SMILES string of the molecule is CCCN(CCCCO)C(=O)C1=Cc2ccc(-c3cccc(S(=O)(=O)N4CC(CNC(=O)OC(C)(C)C)C4)c3)cc2N=C(N)C1. The molecule has 0 atom stereocenters. The van der Waals surface area contributed by atoms with Crippen LogP contribution < -0.4 is 11.1 Å². The Balaban J connectivity index is 1.48. The van der Waals surface area contributed by atoms with Crippen molar-refractivity contribution in [2.75, 3.05) is 39.3 Å². The second-order valence-corrected chi connectivity index (χ2v) is 14.5. The van der Waals surface area contributed by atoms with Crippen LogP contribution in [0.2, 0.25) is 0 Å². The molecular weight excluding hydrogens is 594 g/mol. The number of nitrogens with zero attached hydrogens (tertiary/aromatic N) is 3. The first kappa shape index (κ1) is 34.1. The highest BCUT2D eigenvalue weighted by Crippen LogP contribution is 2.34. The molecule has 1 fully saturated rings. The molecule has 2 aromatic carbocycles. The topological polar surface area (TPSA) is 155 Å². The van der Waals surface area contributed by atoms with Crippen molar-refractivity contribution in [3.63, 3.8) is 0 Å². The number of amides is 2. The van der Waals surface area contributed by atoms with Gasteiger partial charge in [-0.05, 0) is 75.4 Å². The highest BCUT2D eigenvalue weighted by atomic mass is 32.2. The first-order valence-electron chi connectivity index (χ1n) is 15.5. The summed E-state index contributed by atoms with van der Waals surface area (Å²) < 4.78 is 33.4. The molecule has 11 nitrogen and oxygen atoms in total. The molecule has 2 aliphatic rings. The fourth-order valence-electron chi connectivity index (χ4n) is 5.28. The molecule has 0 bridgehead atoms. The lowest BCUT2D eigenvalue weighted by Gasteiger charge is -2.38. The van der Waals surface area contributed by atoms with E-state index in [9.17, 15) is 18.0 Å². The van der Waals surface area contributed by atoms with Gasteiger partial charge in [-0.25, -0.2) is 18.2 Å². The molecule has 0 unspecified atom stereocenters. The minimum Gasteiger partial charge on any atom is -0.444 e. The lowest BCUT2D eigenvalue weighted by molar-refractivity contribution is -0.127. The lowest BCUT2D eigenvalue weighted by atomic mass is 10.0. The maximum atomic E-state index is 13.4. The number of sulfonamides is 1. The molecule has 45 heavy (non-hydrogen) atoms. The molecule has 4 N–H and O–H groups in total. The fourth-order valence-corrected chi connectivity index (χ4v) is 6.92. The number of carbonyl (C=O) groups excluding carboxylic acids is 2. The Bertz CT molecular complexity index is 1560. The first-order chi connectivity index (χ1) is 21.3. The van der Waals surface area contributed by atoms with Crippen molar-refractivity contribution < 1.29 is 27.9 Å². The minimum absolute atomic E-state index is 0.00259. The summed E-state index contributed by atoms with van der Waals surface area (Å²) in [5.41, 5.74) is 9.06. The predicted molar refractivity (Wildman–Crippen MR) is 175 cm³/mol. The second kappa shape index (κ2) is 14.6. The number of unbranched alkanes of at least 4 members (excludes halogenated alkanes) is 1. The van der Waals surface area contributed by atoms with E-state index in [2.05, 4.69) is 10.3 Å². The van der Waals surface area contributed by atoms with Crippen LogP contribution in [0, 0.1) is 5.92 Å². The number of nitrogens with two attached hydrogens (primary N) is 1. The van der Waals surface area contributed by atoms with E-state index in [1.54, 1.807) is 43.9 Å². The molecule has 12 heteroatoms.